The highest BCUT2D eigenvalue weighted by Crippen LogP contribution is 1.82. The Balaban J connectivity index is 0. The zero-order valence-electron chi connectivity index (χ0n) is 6.10. The van der Waals surface area contributed by atoms with Crippen LogP contribution in [0.3, 0.4) is 0 Å². The second-order valence-electron chi connectivity index (χ2n) is 1.61. The van der Waals surface area contributed by atoms with Crippen molar-refractivity contribution in [3.8, 4) is 0 Å². The first-order valence-corrected chi connectivity index (χ1v) is 2.60. The van der Waals surface area contributed by atoms with E-state index in [1.54, 1.807) is 6.01 Å². The second kappa shape index (κ2) is 10.0. The van der Waals surface area contributed by atoms with Gasteiger partial charge in [-0.1, -0.05) is 11.6 Å². The predicted molar refractivity (Wildman–Crippen MR) is 39.4 cm³/mol. The van der Waals surface area contributed by atoms with Crippen LogP contribution >= 0.6 is 0 Å². The summed E-state index contributed by atoms with van der Waals surface area (Å²) in [4.78, 5) is 0. The van der Waals surface area contributed by atoms with Crippen LogP contribution in [0.4, 0.5) is 0 Å². The maximum absolute atomic E-state index is 5.91. The van der Waals surface area contributed by atoms with E-state index in [9.17, 15) is 0 Å². The zero-order valence-corrected chi connectivity index (χ0v) is 6.10. The number of hydrazone groups is 1. The molecule has 0 aliphatic carbocycles. The number of nitrogens with zero attached hydrogens (tertiary/aromatic N) is 1. The first-order valence-electron chi connectivity index (χ1n) is 2.60. The average Bonchev–Trinajstić information content (AvgIpc) is 1.89. The van der Waals surface area contributed by atoms with E-state index < -0.39 is 0 Å². The van der Waals surface area contributed by atoms with E-state index in [4.69, 9.17) is 5.41 Å². The molecule has 0 fully saturated rings. The Kier molecular flexibility index (Phi) is 12.0. The van der Waals surface area contributed by atoms with E-state index in [1.807, 2.05) is 6.92 Å². The molecular formula is C6H13N3. The third kappa shape index (κ3) is 45.4. The van der Waals surface area contributed by atoms with Gasteiger partial charge in [0.25, 0.3) is 0 Å². The summed E-state index contributed by atoms with van der Waals surface area (Å²) in [5.74, 6) is 4.35. The molecule has 0 unspecified atom stereocenters. The first kappa shape index (κ1) is 10.8. The molecule has 0 aliphatic heterocycles. The Bertz CT molecular complexity index is 116. The highest BCUT2D eigenvalue weighted by Gasteiger charge is 1.60. The molecule has 0 bridgehead atoms. The monoisotopic (exact) mass is 127 g/mol. The SMILES string of the molecule is CC=C(C)C.N=C=NN. The molecule has 3 nitrogen and oxygen atoms in total. The number of hydrogen-bond donors (Lipinski definition) is 2. The van der Waals surface area contributed by atoms with E-state index in [0.717, 1.165) is 0 Å². The highest BCUT2D eigenvalue weighted by molar-refractivity contribution is 5.34. The summed E-state index contributed by atoms with van der Waals surface area (Å²) in [6.07, 6.45) is 2.08. The Morgan fingerprint density at radius 1 is 1.67 bits per heavy atom. The van der Waals surface area contributed by atoms with Crippen molar-refractivity contribution in [2.24, 2.45) is 10.9 Å². The standard InChI is InChI=1S/C5H10.CH3N3/c1-4-5(2)3;2-1-4-3/h4H,1-3H3;2H,3H2. The number of rotatable bonds is 0. The van der Waals surface area contributed by atoms with Crippen LogP contribution in [0.2, 0.25) is 0 Å². The number of allylic oxidation sites excluding steroid dienone is 2. The van der Waals surface area contributed by atoms with Gasteiger partial charge in [0, 0.05) is 0 Å². The van der Waals surface area contributed by atoms with Gasteiger partial charge in [-0.2, -0.15) is 0 Å². The quantitative estimate of drug-likeness (QED) is 0.221. The molecule has 0 aliphatic rings. The van der Waals surface area contributed by atoms with Crippen LogP contribution in [-0.4, -0.2) is 6.01 Å². The predicted octanol–water partition coefficient (Wildman–Crippen LogP) is 1.59. The number of hydrogen-bond acceptors (Lipinski definition) is 3. The Morgan fingerprint density at radius 3 is 1.89 bits per heavy atom. The van der Waals surface area contributed by atoms with Gasteiger partial charge in [-0.25, -0.2) is 5.41 Å². The van der Waals surface area contributed by atoms with Crippen LogP contribution in [0.15, 0.2) is 16.8 Å². The van der Waals surface area contributed by atoms with Crippen LogP contribution in [-0.2, 0) is 0 Å². The minimum atomic E-state index is 1.38. The third-order valence-electron chi connectivity index (χ3n) is 0.642. The van der Waals surface area contributed by atoms with Gasteiger partial charge < -0.3 is 5.84 Å². The molecule has 0 heterocycles. The Labute approximate surface area is 55.8 Å². The lowest BCUT2D eigenvalue weighted by Crippen LogP contribution is -1.71. The van der Waals surface area contributed by atoms with Gasteiger partial charge in [0.1, 0.15) is 6.01 Å². The largest absolute Gasteiger partial charge is 0.314 e. The molecule has 0 amide bonds. The summed E-state index contributed by atoms with van der Waals surface area (Å²) in [5, 5.41) is 8.56. The molecule has 0 radical (unpaired) electrons. The van der Waals surface area contributed by atoms with Crippen LogP contribution < -0.4 is 5.84 Å². The van der Waals surface area contributed by atoms with Crippen LogP contribution in [0, 0.1) is 5.41 Å². The van der Waals surface area contributed by atoms with E-state index in [2.05, 4.69) is 30.9 Å². The topological polar surface area (TPSA) is 62.2 Å². The van der Waals surface area contributed by atoms with Crippen LogP contribution in [0.25, 0.3) is 0 Å². The molecule has 0 rings (SSSR count). The van der Waals surface area contributed by atoms with Crippen molar-refractivity contribution in [1.29, 1.82) is 5.41 Å². The van der Waals surface area contributed by atoms with Gasteiger partial charge in [-0.05, 0) is 20.8 Å². The smallest absolute Gasteiger partial charge is 0.111 e. The highest BCUT2D eigenvalue weighted by atomic mass is 15.1. The molecule has 0 aromatic carbocycles. The Hall–Kier alpha value is -1.08. The van der Waals surface area contributed by atoms with Crippen molar-refractivity contribution in [2.45, 2.75) is 20.8 Å². The summed E-state index contributed by atoms with van der Waals surface area (Å²) >= 11 is 0. The molecule has 0 saturated carbocycles. The van der Waals surface area contributed by atoms with Crippen molar-refractivity contribution in [1.82, 2.24) is 0 Å². The maximum atomic E-state index is 5.91. The van der Waals surface area contributed by atoms with E-state index >= 15 is 0 Å². The van der Waals surface area contributed by atoms with Crippen molar-refractivity contribution in [2.75, 3.05) is 0 Å². The first-order chi connectivity index (χ1) is 4.18. The Morgan fingerprint density at radius 2 is 1.89 bits per heavy atom. The third-order valence-corrected chi connectivity index (χ3v) is 0.642. The van der Waals surface area contributed by atoms with Gasteiger partial charge in [-0.3, -0.25) is 0 Å². The summed E-state index contributed by atoms with van der Waals surface area (Å²) in [6.45, 7) is 6.20. The lowest BCUT2D eigenvalue weighted by atomic mass is 10.3. The molecule has 0 aromatic heterocycles. The fraction of sp³-hybridized carbons (Fsp3) is 0.500. The minimum Gasteiger partial charge on any atom is -0.314 e. The number of nitrogens with one attached hydrogen (secondary N) is 1. The number of nitrogens with two attached hydrogens (primary N) is 1. The fourth-order valence-corrected chi connectivity index (χ4v) is 0. The van der Waals surface area contributed by atoms with Gasteiger partial charge in [0.05, 0.1) is 0 Å². The normalized spacial score (nSPS) is 5.67. The van der Waals surface area contributed by atoms with Crippen molar-refractivity contribution in [3.05, 3.63) is 11.6 Å². The summed E-state index contributed by atoms with van der Waals surface area (Å²) < 4.78 is 0. The minimum absolute atomic E-state index is 1.38. The molecule has 0 saturated heterocycles. The molecule has 0 spiro atoms. The summed E-state index contributed by atoms with van der Waals surface area (Å²) in [6, 6.07) is 1.58. The molecule has 0 aromatic rings. The van der Waals surface area contributed by atoms with E-state index in [1.165, 1.54) is 5.57 Å². The van der Waals surface area contributed by atoms with E-state index in [-0.39, 0.29) is 0 Å². The summed E-state index contributed by atoms with van der Waals surface area (Å²) in [7, 11) is 0. The molecule has 3 N–H and O–H groups in total. The van der Waals surface area contributed by atoms with E-state index in [0.29, 0.717) is 0 Å². The van der Waals surface area contributed by atoms with Crippen molar-refractivity contribution >= 4 is 6.01 Å². The van der Waals surface area contributed by atoms with Crippen LogP contribution in [0.5, 0.6) is 0 Å². The average molecular weight is 127 g/mol. The van der Waals surface area contributed by atoms with Gasteiger partial charge >= 0.3 is 0 Å². The van der Waals surface area contributed by atoms with Gasteiger partial charge in [0.2, 0.25) is 0 Å². The molecule has 9 heavy (non-hydrogen) atoms. The van der Waals surface area contributed by atoms with Gasteiger partial charge in [0.15, 0.2) is 0 Å². The maximum Gasteiger partial charge on any atom is 0.111 e. The molecule has 52 valence electrons. The molecule has 0 atom stereocenters. The fourth-order valence-electron chi connectivity index (χ4n) is 0. The summed E-state index contributed by atoms with van der Waals surface area (Å²) in [5.41, 5.74) is 1.38. The van der Waals surface area contributed by atoms with Crippen molar-refractivity contribution < 1.29 is 0 Å². The lowest BCUT2D eigenvalue weighted by Gasteiger charge is -1.74. The lowest BCUT2D eigenvalue weighted by molar-refractivity contribution is 1.25. The molecular weight excluding hydrogens is 114 g/mol. The van der Waals surface area contributed by atoms with Gasteiger partial charge in [-0.15, -0.1) is 5.10 Å². The zero-order chi connectivity index (χ0) is 7.70. The van der Waals surface area contributed by atoms with Crippen LogP contribution in [0.1, 0.15) is 20.8 Å². The molecule has 3 heteroatoms. The second-order valence-corrected chi connectivity index (χ2v) is 1.61. The van der Waals surface area contributed by atoms with Crippen molar-refractivity contribution in [3.63, 3.8) is 0 Å².